The molecule has 1 amide bonds. The van der Waals surface area contributed by atoms with Crippen molar-refractivity contribution in [1.29, 1.82) is 0 Å². The maximum atomic E-state index is 12.6. The normalized spacial score (nSPS) is 11.8. The Hall–Kier alpha value is -2.80. The van der Waals surface area contributed by atoms with Gasteiger partial charge >= 0.3 is 0 Å². The number of amides is 1. The predicted octanol–water partition coefficient (Wildman–Crippen LogP) is 3.75. The predicted molar refractivity (Wildman–Crippen MR) is 104 cm³/mol. The molecule has 0 bridgehead atoms. The van der Waals surface area contributed by atoms with E-state index in [9.17, 15) is 4.79 Å². The molecule has 0 unspecified atom stereocenters. The number of rotatable bonds is 5. The van der Waals surface area contributed by atoms with Crippen LogP contribution in [0.5, 0.6) is 0 Å². The quantitative estimate of drug-likeness (QED) is 0.718. The smallest absolute Gasteiger partial charge is 0.251 e. The van der Waals surface area contributed by atoms with Crippen molar-refractivity contribution in [1.82, 2.24) is 20.3 Å². The second-order valence-electron chi connectivity index (χ2n) is 6.04. The molecule has 2 aromatic heterocycles. The first-order valence-corrected chi connectivity index (χ1v) is 9.21. The molecule has 0 fully saturated rings. The van der Waals surface area contributed by atoms with Gasteiger partial charge in [-0.2, -0.15) is 0 Å². The summed E-state index contributed by atoms with van der Waals surface area (Å²) in [6.07, 6.45) is 0. The van der Waals surface area contributed by atoms with Crippen molar-refractivity contribution in [2.24, 2.45) is 0 Å². The third-order valence-corrected chi connectivity index (χ3v) is 4.72. The van der Waals surface area contributed by atoms with E-state index < -0.39 is 0 Å². The number of anilines is 1. The molecule has 0 aliphatic rings. The molecular weight excluding hydrogens is 346 g/mol. The van der Waals surface area contributed by atoms with Crippen LogP contribution in [0.1, 0.15) is 39.7 Å². The fraction of sp³-hybridized carbons (Fsp3) is 0.263. The summed E-state index contributed by atoms with van der Waals surface area (Å²) in [5, 5.41) is 8.91. The Morgan fingerprint density at radius 3 is 2.65 bits per heavy atom. The molecule has 2 heterocycles. The maximum absolute atomic E-state index is 12.6. The second-order valence-corrected chi connectivity index (χ2v) is 7.10. The van der Waals surface area contributed by atoms with Gasteiger partial charge in [-0.15, -0.1) is 11.3 Å². The minimum absolute atomic E-state index is 0.135. The third kappa shape index (κ3) is 4.05. The monoisotopic (exact) mass is 367 g/mol. The van der Waals surface area contributed by atoms with Crippen molar-refractivity contribution in [3.63, 3.8) is 0 Å². The van der Waals surface area contributed by atoms with Gasteiger partial charge < -0.3 is 10.6 Å². The summed E-state index contributed by atoms with van der Waals surface area (Å²) in [6, 6.07) is 9.19. The van der Waals surface area contributed by atoms with Gasteiger partial charge in [-0.05, 0) is 39.0 Å². The molecule has 0 saturated carbocycles. The number of carbonyl (C=O) groups is 1. The summed E-state index contributed by atoms with van der Waals surface area (Å²) in [5.41, 5.74) is 3.98. The number of nitrogens with one attached hydrogen (secondary N) is 2. The minimum Gasteiger partial charge on any atom is -0.357 e. The minimum atomic E-state index is -0.145. The van der Waals surface area contributed by atoms with Gasteiger partial charge in [-0.25, -0.2) is 15.0 Å². The Morgan fingerprint density at radius 2 is 1.96 bits per heavy atom. The standard InChI is InChI=1S/C19H21N5OS/c1-11-8-16(24-19(20-4)21-11)14-6-5-7-15(9-14)18(25)22-12(2)17-10-26-13(3)23-17/h5-10,12H,1-4H3,(H,22,25)(H,20,21,24)/t12-/m0/s1. The fourth-order valence-electron chi connectivity index (χ4n) is 2.58. The lowest BCUT2D eigenvalue weighted by Crippen LogP contribution is -2.26. The maximum Gasteiger partial charge on any atom is 0.251 e. The van der Waals surface area contributed by atoms with Crippen LogP contribution in [0.25, 0.3) is 11.3 Å². The van der Waals surface area contributed by atoms with Crippen LogP contribution in [0.3, 0.4) is 0 Å². The summed E-state index contributed by atoms with van der Waals surface area (Å²) < 4.78 is 0. The zero-order valence-electron chi connectivity index (χ0n) is 15.2. The Bertz CT molecular complexity index is 937. The molecule has 134 valence electrons. The summed E-state index contributed by atoms with van der Waals surface area (Å²) >= 11 is 1.58. The number of hydrogen-bond acceptors (Lipinski definition) is 6. The molecule has 1 atom stereocenters. The Balaban J connectivity index is 1.82. The van der Waals surface area contributed by atoms with Crippen LogP contribution in [0.15, 0.2) is 35.7 Å². The van der Waals surface area contributed by atoms with Crippen molar-refractivity contribution in [3.05, 3.63) is 57.7 Å². The van der Waals surface area contributed by atoms with Gasteiger partial charge in [-0.3, -0.25) is 4.79 Å². The molecular formula is C19H21N5OS. The molecule has 0 aliphatic heterocycles. The molecule has 0 saturated heterocycles. The number of carbonyl (C=O) groups excluding carboxylic acids is 1. The Morgan fingerprint density at radius 1 is 1.15 bits per heavy atom. The summed E-state index contributed by atoms with van der Waals surface area (Å²) in [7, 11) is 1.78. The van der Waals surface area contributed by atoms with Crippen LogP contribution in [0.4, 0.5) is 5.95 Å². The topological polar surface area (TPSA) is 79.8 Å². The first-order valence-electron chi connectivity index (χ1n) is 8.33. The van der Waals surface area contributed by atoms with Crippen LogP contribution in [-0.4, -0.2) is 27.9 Å². The molecule has 3 rings (SSSR count). The molecule has 0 aliphatic carbocycles. The molecule has 26 heavy (non-hydrogen) atoms. The number of hydrogen-bond donors (Lipinski definition) is 2. The molecule has 0 radical (unpaired) electrons. The van der Waals surface area contributed by atoms with Gasteiger partial charge in [-0.1, -0.05) is 12.1 Å². The van der Waals surface area contributed by atoms with Gasteiger partial charge in [0.15, 0.2) is 0 Å². The lowest BCUT2D eigenvalue weighted by molar-refractivity contribution is 0.0939. The highest BCUT2D eigenvalue weighted by Crippen LogP contribution is 2.21. The lowest BCUT2D eigenvalue weighted by atomic mass is 10.1. The highest BCUT2D eigenvalue weighted by Gasteiger charge is 2.14. The number of thiazole rings is 1. The van der Waals surface area contributed by atoms with Crippen LogP contribution in [0, 0.1) is 13.8 Å². The summed E-state index contributed by atoms with van der Waals surface area (Å²) in [5.74, 6) is 0.423. The fourth-order valence-corrected chi connectivity index (χ4v) is 3.29. The van der Waals surface area contributed by atoms with Crippen LogP contribution in [0.2, 0.25) is 0 Å². The van der Waals surface area contributed by atoms with Crippen LogP contribution >= 0.6 is 11.3 Å². The molecule has 0 spiro atoms. The van der Waals surface area contributed by atoms with E-state index in [0.717, 1.165) is 27.7 Å². The molecule has 2 N–H and O–H groups in total. The zero-order valence-corrected chi connectivity index (χ0v) is 16.0. The second kappa shape index (κ2) is 7.61. The summed E-state index contributed by atoms with van der Waals surface area (Å²) in [4.78, 5) is 25.8. The average molecular weight is 367 g/mol. The first kappa shape index (κ1) is 18.0. The SMILES string of the molecule is CNc1nc(C)cc(-c2cccc(C(=O)N[C@@H](C)c3csc(C)n3)c2)n1. The number of nitrogens with zero attached hydrogens (tertiary/aromatic N) is 3. The zero-order chi connectivity index (χ0) is 18.7. The summed E-state index contributed by atoms with van der Waals surface area (Å²) in [6.45, 7) is 5.80. The van der Waals surface area contributed by atoms with Crippen molar-refractivity contribution >= 4 is 23.2 Å². The largest absolute Gasteiger partial charge is 0.357 e. The van der Waals surface area contributed by atoms with Gasteiger partial charge in [0.25, 0.3) is 5.91 Å². The van der Waals surface area contributed by atoms with E-state index >= 15 is 0 Å². The highest BCUT2D eigenvalue weighted by molar-refractivity contribution is 7.09. The Kier molecular flexibility index (Phi) is 5.27. The average Bonchev–Trinajstić information content (AvgIpc) is 3.07. The van der Waals surface area contributed by atoms with Crippen molar-refractivity contribution in [2.45, 2.75) is 26.8 Å². The van der Waals surface area contributed by atoms with Gasteiger partial charge in [0.05, 0.1) is 22.4 Å². The first-order chi connectivity index (χ1) is 12.5. The lowest BCUT2D eigenvalue weighted by Gasteiger charge is -2.12. The van der Waals surface area contributed by atoms with Crippen LogP contribution < -0.4 is 10.6 Å². The van der Waals surface area contributed by atoms with E-state index in [-0.39, 0.29) is 11.9 Å². The molecule has 7 heteroatoms. The number of aryl methyl sites for hydroxylation is 2. The Labute approximate surface area is 156 Å². The van der Waals surface area contributed by atoms with Gasteiger partial charge in [0.2, 0.25) is 5.95 Å². The van der Waals surface area contributed by atoms with Crippen molar-refractivity contribution in [2.75, 3.05) is 12.4 Å². The van der Waals surface area contributed by atoms with E-state index in [2.05, 4.69) is 25.6 Å². The van der Waals surface area contributed by atoms with E-state index in [1.165, 1.54) is 0 Å². The molecule has 3 aromatic rings. The third-order valence-electron chi connectivity index (χ3n) is 3.93. The highest BCUT2D eigenvalue weighted by atomic mass is 32.1. The van der Waals surface area contributed by atoms with Crippen molar-refractivity contribution < 1.29 is 4.79 Å². The van der Waals surface area contributed by atoms with Crippen LogP contribution in [-0.2, 0) is 0 Å². The molecule has 6 nitrogen and oxygen atoms in total. The van der Waals surface area contributed by atoms with E-state index in [1.807, 2.05) is 50.4 Å². The number of benzene rings is 1. The van der Waals surface area contributed by atoms with E-state index in [1.54, 1.807) is 24.5 Å². The van der Waals surface area contributed by atoms with Crippen molar-refractivity contribution in [3.8, 4) is 11.3 Å². The van der Waals surface area contributed by atoms with E-state index in [0.29, 0.717) is 11.5 Å². The van der Waals surface area contributed by atoms with Gasteiger partial charge in [0.1, 0.15) is 0 Å². The molecule has 1 aromatic carbocycles. The number of aromatic nitrogens is 3. The van der Waals surface area contributed by atoms with Gasteiger partial charge in [0, 0.05) is 29.2 Å². The van der Waals surface area contributed by atoms with E-state index in [4.69, 9.17) is 0 Å².